The average molecular weight is 448 g/mol. The third kappa shape index (κ3) is 4.32. The lowest BCUT2D eigenvalue weighted by atomic mass is 9.88. The summed E-state index contributed by atoms with van der Waals surface area (Å²) in [6.45, 7) is 0. The quantitative estimate of drug-likeness (QED) is 0.698. The molecule has 1 aromatic carbocycles. The van der Waals surface area contributed by atoms with E-state index in [4.69, 9.17) is 4.42 Å². The van der Waals surface area contributed by atoms with Gasteiger partial charge in [-0.25, -0.2) is 0 Å². The van der Waals surface area contributed by atoms with Crippen molar-refractivity contribution in [2.24, 2.45) is 0 Å². The van der Waals surface area contributed by atoms with Gasteiger partial charge in [-0.3, -0.25) is 19.3 Å². The molecule has 1 atom stereocenters. The summed E-state index contributed by atoms with van der Waals surface area (Å²) < 4.78 is 5.75. The molecule has 5 rings (SSSR count). The van der Waals surface area contributed by atoms with Gasteiger partial charge in [-0.05, 0) is 49.9 Å². The smallest absolute Gasteiger partial charge is 0.228 e. The third-order valence-electron chi connectivity index (χ3n) is 6.80. The molecule has 7 nitrogen and oxygen atoms in total. The SMILES string of the molecule is O=C(CCC(=O)N1c2ccccc2NC2=C(C(=O)CCC2)[C@@H]1c1ccco1)NC1CCCC1. The number of rotatable bonds is 5. The van der Waals surface area contributed by atoms with E-state index in [1.807, 2.05) is 24.3 Å². The minimum absolute atomic E-state index is 0.0229. The number of para-hydroxylation sites is 2. The van der Waals surface area contributed by atoms with Crippen molar-refractivity contribution in [2.45, 2.75) is 69.9 Å². The molecular weight excluding hydrogens is 418 g/mol. The number of allylic oxidation sites excluding steroid dienone is 1. The fourth-order valence-corrected chi connectivity index (χ4v) is 5.24. The van der Waals surface area contributed by atoms with Gasteiger partial charge in [-0.15, -0.1) is 0 Å². The van der Waals surface area contributed by atoms with Gasteiger partial charge in [-0.2, -0.15) is 0 Å². The molecule has 1 aliphatic heterocycles. The number of nitrogens with zero attached hydrogens (tertiary/aromatic N) is 1. The number of anilines is 2. The first-order chi connectivity index (χ1) is 16.1. The van der Waals surface area contributed by atoms with E-state index in [-0.39, 0.29) is 36.5 Å². The Bertz CT molecular complexity index is 1080. The maximum absolute atomic E-state index is 13.7. The summed E-state index contributed by atoms with van der Waals surface area (Å²) in [5.41, 5.74) is 2.88. The number of benzene rings is 1. The predicted molar refractivity (Wildman–Crippen MR) is 125 cm³/mol. The Morgan fingerprint density at radius 2 is 1.85 bits per heavy atom. The zero-order valence-corrected chi connectivity index (χ0v) is 18.6. The van der Waals surface area contributed by atoms with Gasteiger partial charge in [-0.1, -0.05) is 25.0 Å². The standard InChI is InChI=1S/C26H29N3O4/c30-21-12-5-10-19-25(21)26(22-13-6-16-33-22)29(20-11-4-3-9-18(20)28-19)24(32)15-14-23(31)27-17-7-1-2-8-17/h3-4,6,9,11,13,16-17,26,28H,1-2,5,7-8,10,12,14-15H2,(H,27,31)/t26-/m0/s1. The Labute approximate surface area is 193 Å². The van der Waals surface area contributed by atoms with Crippen molar-refractivity contribution in [1.82, 2.24) is 5.32 Å². The number of carbonyl (C=O) groups excluding carboxylic acids is 3. The molecule has 2 amide bonds. The van der Waals surface area contributed by atoms with Gasteiger partial charge in [0.05, 0.1) is 17.6 Å². The van der Waals surface area contributed by atoms with Crippen LogP contribution in [0.1, 0.15) is 69.6 Å². The number of carbonyl (C=O) groups is 3. The lowest BCUT2D eigenvalue weighted by Gasteiger charge is -2.32. The molecule has 2 aliphatic carbocycles. The number of hydrogen-bond acceptors (Lipinski definition) is 5. The Kier molecular flexibility index (Phi) is 6.03. The normalized spacial score (nSPS) is 20.7. The van der Waals surface area contributed by atoms with E-state index in [0.29, 0.717) is 23.4 Å². The molecule has 1 saturated carbocycles. The third-order valence-corrected chi connectivity index (χ3v) is 6.80. The minimum Gasteiger partial charge on any atom is -0.467 e. The number of ketones is 1. The molecule has 0 unspecified atom stereocenters. The molecule has 2 heterocycles. The second-order valence-electron chi connectivity index (χ2n) is 9.04. The van der Waals surface area contributed by atoms with Crippen LogP contribution in [0.25, 0.3) is 0 Å². The number of nitrogens with one attached hydrogen (secondary N) is 2. The van der Waals surface area contributed by atoms with Gasteiger partial charge < -0.3 is 15.1 Å². The van der Waals surface area contributed by atoms with Crippen molar-refractivity contribution in [2.75, 3.05) is 10.2 Å². The van der Waals surface area contributed by atoms with Crippen molar-refractivity contribution in [3.05, 3.63) is 59.7 Å². The minimum atomic E-state index is -0.663. The molecule has 33 heavy (non-hydrogen) atoms. The van der Waals surface area contributed by atoms with Crippen LogP contribution in [0, 0.1) is 0 Å². The van der Waals surface area contributed by atoms with E-state index >= 15 is 0 Å². The Balaban J connectivity index is 1.48. The summed E-state index contributed by atoms with van der Waals surface area (Å²) in [6, 6.07) is 10.7. The number of hydrogen-bond donors (Lipinski definition) is 2. The van der Waals surface area contributed by atoms with Crippen molar-refractivity contribution in [3.8, 4) is 0 Å². The van der Waals surface area contributed by atoms with Crippen molar-refractivity contribution in [3.63, 3.8) is 0 Å². The maximum atomic E-state index is 13.7. The van der Waals surface area contributed by atoms with Gasteiger partial charge in [0, 0.05) is 36.6 Å². The highest BCUT2D eigenvalue weighted by atomic mass is 16.3. The van der Waals surface area contributed by atoms with Crippen LogP contribution in [0.4, 0.5) is 11.4 Å². The van der Waals surface area contributed by atoms with E-state index in [0.717, 1.165) is 49.9 Å². The monoisotopic (exact) mass is 447 g/mol. The van der Waals surface area contributed by atoms with Crippen molar-refractivity contribution < 1.29 is 18.8 Å². The van der Waals surface area contributed by atoms with Gasteiger partial charge in [0.2, 0.25) is 11.8 Å². The molecule has 0 bridgehead atoms. The Hall–Kier alpha value is -3.35. The number of amides is 2. The summed E-state index contributed by atoms with van der Waals surface area (Å²) >= 11 is 0. The summed E-state index contributed by atoms with van der Waals surface area (Å²) in [5, 5.41) is 6.48. The molecule has 0 radical (unpaired) electrons. The van der Waals surface area contributed by atoms with Crippen LogP contribution in [0.2, 0.25) is 0 Å². The summed E-state index contributed by atoms with van der Waals surface area (Å²) in [6.07, 6.45) is 7.97. The molecule has 172 valence electrons. The summed E-state index contributed by atoms with van der Waals surface area (Å²) in [4.78, 5) is 41.0. The van der Waals surface area contributed by atoms with Crippen LogP contribution < -0.4 is 15.5 Å². The molecule has 1 aromatic heterocycles. The first-order valence-corrected chi connectivity index (χ1v) is 11.9. The van der Waals surface area contributed by atoms with E-state index in [9.17, 15) is 14.4 Å². The molecule has 2 N–H and O–H groups in total. The Morgan fingerprint density at radius 3 is 2.64 bits per heavy atom. The average Bonchev–Trinajstić information content (AvgIpc) is 3.50. The lowest BCUT2D eigenvalue weighted by Crippen LogP contribution is -2.39. The predicted octanol–water partition coefficient (Wildman–Crippen LogP) is 4.63. The second-order valence-corrected chi connectivity index (χ2v) is 9.04. The molecule has 2 aromatic rings. The topological polar surface area (TPSA) is 91.7 Å². The van der Waals surface area contributed by atoms with E-state index in [2.05, 4.69) is 10.6 Å². The van der Waals surface area contributed by atoms with Crippen LogP contribution in [-0.4, -0.2) is 23.6 Å². The van der Waals surface area contributed by atoms with Gasteiger partial charge >= 0.3 is 0 Å². The number of fused-ring (bicyclic) bond motifs is 1. The molecular formula is C26H29N3O4. The van der Waals surface area contributed by atoms with Crippen molar-refractivity contribution >= 4 is 29.0 Å². The zero-order valence-electron chi connectivity index (χ0n) is 18.6. The highest BCUT2D eigenvalue weighted by Crippen LogP contribution is 2.45. The Morgan fingerprint density at radius 1 is 1.03 bits per heavy atom. The first kappa shape index (κ1) is 21.5. The van der Waals surface area contributed by atoms with Gasteiger partial charge in [0.1, 0.15) is 11.8 Å². The van der Waals surface area contributed by atoms with Gasteiger partial charge in [0.15, 0.2) is 5.78 Å². The van der Waals surface area contributed by atoms with E-state index in [1.165, 1.54) is 0 Å². The molecule has 0 saturated heterocycles. The number of furan rings is 1. The van der Waals surface area contributed by atoms with Crippen LogP contribution in [-0.2, 0) is 14.4 Å². The van der Waals surface area contributed by atoms with Crippen LogP contribution >= 0.6 is 0 Å². The lowest BCUT2D eigenvalue weighted by molar-refractivity contribution is -0.126. The van der Waals surface area contributed by atoms with E-state index in [1.54, 1.807) is 23.3 Å². The fraction of sp³-hybridized carbons (Fsp3) is 0.423. The zero-order chi connectivity index (χ0) is 22.8. The van der Waals surface area contributed by atoms with E-state index < -0.39 is 6.04 Å². The van der Waals surface area contributed by atoms with Crippen LogP contribution in [0.3, 0.4) is 0 Å². The highest BCUT2D eigenvalue weighted by molar-refractivity contribution is 6.06. The first-order valence-electron chi connectivity index (χ1n) is 11.9. The maximum Gasteiger partial charge on any atom is 0.228 e. The number of Topliss-reactive ketones (excluding diaryl/α,β-unsaturated/α-hetero) is 1. The summed E-state index contributed by atoms with van der Waals surface area (Å²) in [7, 11) is 0. The second kappa shape index (κ2) is 9.25. The molecule has 1 fully saturated rings. The molecule has 3 aliphatic rings. The summed E-state index contributed by atoms with van der Waals surface area (Å²) in [5.74, 6) is 0.258. The van der Waals surface area contributed by atoms with Crippen LogP contribution in [0.5, 0.6) is 0 Å². The molecule has 7 heteroatoms. The largest absolute Gasteiger partial charge is 0.467 e. The van der Waals surface area contributed by atoms with Gasteiger partial charge in [0.25, 0.3) is 0 Å². The molecule has 0 spiro atoms. The fourth-order valence-electron chi connectivity index (χ4n) is 5.24. The van der Waals surface area contributed by atoms with Crippen LogP contribution in [0.15, 0.2) is 58.3 Å². The highest BCUT2D eigenvalue weighted by Gasteiger charge is 2.40. The van der Waals surface area contributed by atoms with Crippen molar-refractivity contribution in [1.29, 1.82) is 0 Å².